The number of amides is 1. The molecule has 0 saturated carbocycles. The fourth-order valence-corrected chi connectivity index (χ4v) is 4.91. The molecule has 1 heterocycles. The number of methoxy groups -OCH3 is 1. The van der Waals surface area contributed by atoms with Gasteiger partial charge >= 0.3 is 0 Å². The van der Waals surface area contributed by atoms with Crippen molar-refractivity contribution in [3.8, 4) is 11.5 Å². The average Bonchev–Trinajstić information content (AvgIpc) is 3.18. The van der Waals surface area contributed by atoms with E-state index in [0.29, 0.717) is 28.0 Å². The Morgan fingerprint density at radius 3 is 2.47 bits per heavy atom. The van der Waals surface area contributed by atoms with Gasteiger partial charge in [0.2, 0.25) is 0 Å². The van der Waals surface area contributed by atoms with Crippen molar-refractivity contribution in [1.29, 1.82) is 0 Å². The van der Waals surface area contributed by atoms with Crippen molar-refractivity contribution in [2.75, 3.05) is 12.4 Å². The number of thioether (sulfide) groups is 1. The second-order valence-electron chi connectivity index (χ2n) is 7.61. The van der Waals surface area contributed by atoms with E-state index in [-0.39, 0.29) is 11.4 Å². The number of nitrogens with one attached hydrogen (secondary N) is 2. The third-order valence-corrected chi connectivity index (χ3v) is 7.24. The van der Waals surface area contributed by atoms with Gasteiger partial charge in [-0.3, -0.25) is 4.79 Å². The molecule has 1 aliphatic rings. The van der Waals surface area contributed by atoms with Crippen LogP contribution in [0.2, 0.25) is 5.02 Å². The van der Waals surface area contributed by atoms with Gasteiger partial charge < -0.3 is 20.1 Å². The van der Waals surface area contributed by atoms with Crippen molar-refractivity contribution in [2.24, 2.45) is 0 Å². The monoisotopic (exact) mass is 558 g/mol. The molecular formula is C26H24BrClN2O3S. The van der Waals surface area contributed by atoms with Crippen LogP contribution in [0.15, 0.2) is 70.0 Å². The molecule has 5 nitrogen and oxygen atoms in total. The molecule has 0 unspecified atom stereocenters. The van der Waals surface area contributed by atoms with Gasteiger partial charge in [0.15, 0.2) is 17.0 Å². The number of aryl methyl sites for hydroxylation is 1. The minimum absolute atomic E-state index is 0.124. The zero-order valence-electron chi connectivity index (χ0n) is 18.7. The molecule has 0 bridgehead atoms. The molecule has 3 aromatic rings. The van der Waals surface area contributed by atoms with Gasteiger partial charge in [-0.05, 0) is 65.6 Å². The number of benzene rings is 3. The summed E-state index contributed by atoms with van der Waals surface area (Å²) in [6, 6.07) is 19.4. The van der Waals surface area contributed by atoms with Crippen LogP contribution in [0, 0.1) is 0 Å². The summed E-state index contributed by atoms with van der Waals surface area (Å²) in [4.78, 5) is 13.2. The number of halogens is 2. The Hall–Kier alpha value is -2.61. The number of rotatable bonds is 8. The minimum atomic E-state index is -0.242. The largest absolute Gasteiger partial charge is 0.493 e. The van der Waals surface area contributed by atoms with Crippen LogP contribution in [-0.4, -0.2) is 18.5 Å². The van der Waals surface area contributed by atoms with Crippen LogP contribution < -0.4 is 20.1 Å². The van der Waals surface area contributed by atoms with Crippen molar-refractivity contribution in [3.63, 3.8) is 0 Å². The lowest BCUT2D eigenvalue weighted by atomic mass is 10.1. The number of carbonyl (C=O) groups is 1. The quantitative estimate of drug-likeness (QED) is 0.296. The lowest BCUT2D eigenvalue weighted by Crippen LogP contribution is -2.30. The molecule has 1 fully saturated rings. The molecule has 0 spiro atoms. The van der Waals surface area contributed by atoms with Gasteiger partial charge in [0, 0.05) is 15.2 Å². The van der Waals surface area contributed by atoms with Crippen LogP contribution in [0.3, 0.4) is 0 Å². The number of hydrogen-bond acceptors (Lipinski definition) is 5. The normalized spacial score (nSPS) is 16.4. The van der Waals surface area contributed by atoms with E-state index >= 15 is 0 Å². The predicted octanol–water partition coefficient (Wildman–Crippen LogP) is 6.85. The zero-order chi connectivity index (χ0) is 24.1. The van der Waals surface area contributed by atoms with Gasteiger partial charge in [0.25, 0.3) is 5.91 Å². The summed E-state index contributed by atoms with van der Waals surface area (Å²) in [6.07, 6.45) is 2.84. The summed E-state index contributed by atoms with van der Waals surface area (Å²) in [5, 5.41) is 7.00. The molecule has 1 saturated heterocycles. The summed E-state index contributed by atoms with van der Waals surface area (Å²) >= 11 is 11.0. The van der Waals surface area contributed by atoms with E-state index in [4.69, 9.17) is 21.1 Å². The molecule has 0 aliphatic carbocycles. The van der Waals surface area contributed by atoms with Crippen LogP contribution in [-0.2, 0) is 17.8 Å². The number of carbonyl (C=O) groups excluding carboxylic acids is 1. The first-order chi connectivity index (χ1) is 16.4. The predicted molar refractivity (Wildman–Crippen MR) is 143 cm³/mol. The lowest BCUT2D eigenvalue weighted by molar-refractivity contribution is -0.116. The van der Waals surface area contributed by atoms with E-state index in [1.807, 2.05) is 54.6 Å². The lowest BCUT2D eigenvalue weighted by Gasteiger charge is -2.13. The molecule has 3 aromatic carbocycles. The Morgan fingerprint density at radius 2 is 1.79 bits per heavy atom. The fourth-order valence-electron chi connectivity index (χ4n) is 3.37. The van der Waals surface area contributed by atoms with Gasteiger partial charge in [-0.1, -0.05) is 70.5 Å². The standard InChI is InChI=1S/C26H24BrClN2O3S/c1-3-16-6-10-20(11-7-16)29-26-30-25(31)24(34-26)13-18-12-22(32-2)23(14-21(18)27)33-15-17-4-8-19(28)9-5-17/h4-14,26,29H,3,15H2,1-2H3,(H,30,31)/b24-13-/t26-/m0/s1. The van der Waals surface area contributed by atoms with E-state index < -0.39 is 0 Å². The summed E-state index contributed by atoms with van der Waals surface area (Å²) in [6.45, 7) is 2.50. The Morgan fingerprint density at radius 1 is 1.09 bits per heavy atom. The maximum atomic E-state index is 12.6. The molecule has 176 valence electrons. The Balaban J connectivity index is 1.46. The van der Waals surface area contributed by atoms with Gasteiger partial charge in [-0.25, -0.2) is 0 Å². The molecule has 4 rings (SSSR count). The van der Waals surface area contributed by atoms with Crippen molar-refractivity contribution in [3.05, 3.63) is 91.8 Å². The molecule has 1 atom stereocenters. The summed E-state index contributed by atoms with van der Waals surface area (Å²) in [5.74, 6) is 1.06. The molecular weight excluding hydrogens is 536 g/mol. The highest BCUT2D eigenvalue weighted by molar-refractivity contribution is 9.10. The van der Waals surface area contributed by atoms with Crippen molar-refractivity contribution < 1.29 is 14.3 Å². The van der Waals surface area contributed by atoms with Crippen molar-refractivity contribution in [2.45, 2.75) is 25.4 Å². The first-order valence-corrected chi connectivity index (χ1v) is 12.8. The summed E-state index contributed by atoms with van der Waals surface area (Å²) in [5.41, 5.74) is 3.81. The minimum Gasteiger partial charge on any atom is -0.493 e. The number of hydrogen-bond donors (Lipinski definition) is 2. The molecule has 1 amide bonds. The summed E-state index contributed by atoms with van der Waals surface area (Å²) < 4.78 is 12.3. The summed E-state index contributed by atoms with van der Waals surface area (Å²) in [7, 11) is 1.59. The Bertz CT molecular complexity index is 1200. The van der Waals surface area contributed by atoms with Crippen LogP contribution in [0.5, 0.6) is 11.5 Å². The second-order valence-corrected chi connectivity index (χ2v) is 10.1. The molecule has 0 aromatic heterocycles. The van der Waals surface area contributed by atoms with E-state index in [2.05, 4.69) is 45.6 Å². The number of ether oxygens (including phenoxy) is 2. The van der Waals surface area contributed by atoms with E-state index in [1.165, 1.54) is 17.3 Å². The fraction of sp³-hybridized carbons (Fsp3) is 0.192. The number of anilines is 1. The van der Waals surface area contributed by atoms with E-state index in [0.717, 1.165) is 27.7 Å². The van der Waals surface area contributed by atoms with Gasteiger partial charge in [0.05, 0.1) is 12.0 Å². The van der Waals surface area contributed by atoms with Gasteiger partial charge in [-0.2, -0.15) is 0 Å². The van der Waals surface area contributed by atoms with Crippen LogP contribution in [0.1, 0.15) is 23.6 Å². The van der Waals surface area contributed by atoms with Gasteiger partial charge in [0.1, 0.15) is 6.61 Å². The van der Waals surface area contributed by atoms with E-state index in [1.54, 1.807) is 7.11 Å². The highest BCUT2D eigenvalue weighted by Gasteiger charge is 2.27. The molecule has 2 N–H and O–H groups in total. The van der Waals surface area contributed by atoms with Crippen molar-refractivity contribution in [1.82, 2.24) is 5.32 Å². The Kier molecular flexibility index (Phi) is 8.08. The zero-order valence-corrected chi connectivity index (χ0v) is 21.9. The van der Waals surface area contributed by atoms with Crippen LogP contribution in [0.4, 0.5) is 5.69 Å². The first-order valence-electron chi connectivity index (χ1n) is 10.7. The third kappa shape index (κ3) is 6.09. The third-order valence-electron chi connectivity index (χ3n) is 5.27. The van der Waals surface area contributed by atoms with Gasteiger partial charge in [-0.15, -0.1) is 0 Å². The van der Waals surface area contributed by atoms with E-state index in [9.17, 15) is 4.79 Å². The molecule has 0 radical (unpaired) electrons. The van der Waals surface area contributed by atoms with Crippen LogP contribution >= 0.6 is 39.3 Å². The maximum absolute atomic E-state index is 12.6. The average molecular weight is 560 g/mol. The van der Waals surface area contributed by atoms with Crippen LogP contribution in [0.25, 0.3) is 6.08 Å². The maximum Gasteiger partial charge on any atom is 0.260 e. The van der Waals surface area contributed by atoms with Crippen molar-refractivity contribution >= 4 is 57.0 Å². The molecule has 34 heavy (non-hydrogen) atoms. The highest BCUT2D eigenvalue weighted by Crippen LogP contribution is 2.37. The molecule has 8 heteroatoms. The SMILES string of the molecule is CCc1ccc(N[C@H]2NC(=O)/C(=C/c3cc(OC)c(OCc4ccc(Cl)cc4)cc3Br)S2)cc1. The second kappa shape index (κ2) is 11.2. The first kappa shape index (κ1) is 24.5. The smallest absolute Gasteiger partial charge is 0.260 e. The Labute approximate surface area is 217 Å². The molecule has 1 aliphatic heterocycles. The highest BCUT2D eigenvalue weighted by atomic mass is 79.9. The topological polar surface area (TPSA) is 59.6 Å².